The van der Waals surface area contributed by atoms with Gasteiger partial charge in [0.2, 0.25) is 0 Å². The molecule has 0 aliphatic carbocycles. The lowest BCUT2D eigenvalue weighted by Gasteiger charge is -2.20. The number of nitrogens with zero attached hydrogens (tertiary/aromatic N) is 1. The SMILES string of the molecule is OC(CN1Cc2ccccc2C1)c1cccc(F)c1F. The highest BCUT2D eigenvalue weighted by atomic mass is 19.2. The van der Waals surface area contributed by atoms with Crippen LogP contribution in [-0.2, 0) is 13.1 Å². The zero-order chi connectivity index (χ0) is 14.1. The van der Waals surface area contributed by atoms with E-state index < -0.39 is 17.7 Å². The second-order valence-corrected chi connectivity index (χ2v) is 5.10. The number of benzene rings is 2. The largest absolute Gasteiger partial charge is 0.387 e. The average Bonchev–Trinajstić information content (AvgIpc) is 2.83. The molecule has 2 aromatic carbocycles. The van der Waals surface area contributed by atoms with Crippen molar-refractivity contribution in [3.8, 4) is 0 Å². The van der Waals surface area contributed by atoms with E-state index in [2.05, 4.69) is 0 Å². The first-order valence-corrected chi connectivity index (χ1v) is 6.56. The minimum atomic E-state index is -1.03. The molecule has 0 amide bonds. The highest BCUT2D eigenvalue weighted by Gasteiger charge is 2.23. The highest BCUT2D eigenvalue weighted by molar-refractivity contribution is 5.30. The summed E-state index contributed by atoms with van der Waals surface area (Å²) in [7, 11) is 0. The fourth-order valence-corrected chi connectivity index (χ4v) is 2.65. The molecule has 20 heavy (non-hydrogen) atoms. The zero-order valence-electron chi connectivity index (χ0n) is 10.9. The number of halogens is 2. The number of fused-ring (bicyclic) bond motifs is 1. The summed E-state index contributed by atoms with van der Waals surface area (Å²) < 4.78 is 26.8. The summed E-state index contributed by atoms with van der Waals surface area (Å²) >= 11 is 0. The molecule has 3 rings (SSSR count). The third-order valence-corrected chi connectivity index (χ3v) is 3.68. The van der Waals surface area contributed by atoms with Crippen LogP contribution in [0.5, 0.6) is 0 Å². The Balaban J connectivity index is 1.72. The second kappa shape index (κ2) is 5.31. The third kappa shape index (κ3) is 2.44. The fraction of sp³-hybridized carbons (Fsp3) is 0.250. The maximum Gasteiger partial charge on any atom is 0.164 e. The predicted molar refractivity (Wildman–Crippen MR) is 71.9 cm³/mol. The molecule has 0 saturated carbocycles. The van der Waals surface area contributed by atoms with Gasteiger partial charge in [-0.05, 0) is 17.2 Å². The fourth-order valence-electron chi connectivity index (χ4n) is 2.65. The van der Waals surface area contributed by atoms with Crippen molar-refractivity contribution in [1.82, 2.24) is 4.90 Å². The Bertz CT molecular complexity index is 605. The molecule has 0 spiro atoms. The van der Waals surface area contributed by atoms with Crippen LogP contribution in [0.1, 0.15) is 22.8 Å². The summed E-state index contributed by atoms with van der Waals surface area (Å²) in [6, 6.07) is 11.9. The second-order valence-electron chi connectivity index (χ2n) is 5.10. The lowest BCUT2D eigenvalue weighted by atomic mass is 10.1. The molecule has 1 unspecified atom stereocenters. The van der Waals surface area contributed by atoms with E-state index in [0.29, 0.717) is 0 Å². The van der Waals surface area contributed by atoms with Crippen LogP contribution in [0.15, 0.2) is 42.5 Å². The Kier molecular flexibility index (Phi) is 3.51. The molecule has 0 fully saturated rings. The minimum absolute atomic E-state index is 0.0148. The zero-order valence-corrected chi connectivity index (χ0v) is 10.9. The Morgan fingerprint density at radius 1 is 1.00 bits per heavy atom. The molecule has 0 saturated heterocycles. The third-order valence-electron chi connectivity index (χ3n) is 3.68. The van der Waals surface area contributed by atoms with Gasteiger partial charge in [-0.25, -0.2) is 8.78 Å². The van der Waals surface area contributed by atoms with Crippen molar-refractivity contribution in [3.63, 3.8) is 0 Å². The standard InChI is InChI=1S/C16H15F2NO/c17-14-7-3-6-13(16(14)18)15(20)10-19-8-11-4-1-2-5-12(11)9-19/h1-7,15,20H,8-10H2. The summed E-state index contributed by atoms with van der Waals surface area (Å²) in [5.41, 5.74) is 2.46. The molecule has 1 N–H and O–H groups in total. The lowest BCUT2D eigenvalue weighted by molar-refractivity contribution is 0.108. The van der Waals surface area contributed by atoms with Crippen molar-refractivity contribution in [2.24, 2.45) is 0 Å². The van der Waals surface area contributed by atoms with E-state index >= 15 is 0 Å². The monoisotopic (exact) mass is 275 g/mol. The van der Waals surface area contributed by atoms with E-state index in [9.17, 15) is 13.9 Å². The number of rotatable bonds is 3. The molecule has 104 valence electrons. The van der Waals surface area contributed by atoms with Crippen LogP contribution < -0.4 is 0 Å². The molecular weight excluding hydrogens is 260 g/mol. The topological polar surface area (TPSA) is 23.5 Å². The maximum absolute atomic E-state index is 13.6. The first-order valence-electron chi connectivity index (χ1n) is 6.56. The Morgan fingerprint density at radius 2 is 1.65 bits per heavy atom. The molecule has 1 aliphatic rings. The van der Waals surface area contributed by atoms with Gasteiger partial charge in [0.15, 0.2) is 11.6 Å². The molecule has 2 nitrogen and oxygen atoms in total. The number of aliphatic hydroxyl groups is 1. The van der Waals surface area contributed by atoms with E-state index in [4.69, 9.17) is 0 Å². The van der Waals surface area contributed by atoms with Crippen molar-refractivity contribution in [3.05, 3.63) is 70.8 Å². The van der Waals surface area contributed by atoms with Crippen molar-refractivity contribution < 1.29 is 13.9 Å². The number of hydrogen-bond donors (Lipinski definition) is 1. The van der Waals surface area contributed by atoms with Crippen LogP contribution in [0.25, 0.3) is 0 Å². The van der Waals surface area contributed by atoms with Gasteiger partial charge in [-0.2, -0.15) is 0 Å². The highest BCUT2D eigenvalue weighted by Crippen LogP contribution is 2.26. The van der Waals surface area contributed by atoms with Crippen LogP contribution in [0.4, 0.5) is 8.78 Å². The summed E-state index contributed by atoms with van der Waals surface area (Å²) in [5.74, 6) is -1.89. The quantitative estimate of drug-likeness (QED) is 0.930. The van der Waals surface area contributed by atoms with Gasteiger partial charge < -0.3 is 5.11 Å². The van der Waals surface area contributed by atoms with Crippen LogP contribution in [0, 0.1) is 11.6 Å². The average molecular weight is 275 g/mol. The van der Waals surface area contributed by atoms with Gasteiger partial charge >= 0.3 is 0 Å². The van der Waals surface area contributed by atoms with Crippen LogP contribution in [0.3, 0.4) is 0 Å². The number of aliphatic hydroxyl groups excluding tert-OH is 1. The molecule has 1 atom stereocenters. The first-order chi connectivity index (χ1) is 9.65. The summed E-state index contributed by atoms with van der Waals surface area (Å²) in [6.45, 7) is 1.74. The number of β-amino-alcohol motifs (C(OH)–C–C–N with tert-alkyl or cyclic N) is 1. The van der Waals surface area contributed by atoms with Crippen LogP contribution >= 0.6 is 0 Å². The van der Waals surface area contributed by atoms with E-state index in [1.807, 2.05) is 29.2 Å². The molecule has 1 heterocycles. The predicted octanol–water partition coefficient (Wildman–Crippen LogP) is 3.01. The summed E-state index contributed by atoms with van der Waals surface area (Å²) in [5, 5.41) is 10.1. The molecule has 0 radical (unpaired) electrons. The van der Waals surface area contributed by atoms with Crippen molar-refractivity contribution in [2.75, 3.05) is 6.54 Å². The Hall–Kier alpha value is -1.78. The van der Waals surface area contributed by atoms with Gasteiger partial charge in [0.05, 0.1) is 6.10 Å². The van der Waals surface area contributed by atoms with E-state index in [-0.39, 0.29) is 12.1 Å². The van der Waals surface area contributed by atoms with Crippen LogP contribution in [0.2, 0.25) is 0 Å². The Labute approximate surface area is 116 Å². The van der Waals surface area contributed by atoms with E-state index in [1.165, 1.54) is 23.3 Å². The molecule has 1 aliphatic heterocycles. The molecular formula is C16H15F2NO. The molecule has 2 aromatic rings. The van der Waals surface area contributed by atoms with Crippen LogP contribution in [-0.4, -0.2) is 16.6 Å². The normalized spacial score (nSPS) is 16.1. The number of hydrogen-bond acceptors (Lipinski definition) is 2. The van der Waals surface area contributed by atoms with E-state index in [0.717, 1.165) is 19.2 Å². The maximum atomic E-state index is 13.6. The van der Waals surface area contributed by atoms with Gasteiger partial charge in [0.25, 0.3) is 0 Å². The van der Waals surface area contributed by atoms with E-state index in [1.54, 1.807) is 0 Å². The first kappa shape index (κ1) is 13.2. The van der Waals surface area contributed by atoms with Crippen molar-refractivity contribution in [2.45, 2.75) is 19.2 Å². The molecule has 0 bridgehead atoms. The van der Waals surface area contributed by atoms with Crippen molar-refractivity contribution >= 4 is 0 Å². The van der Waals surface area contributed by atoms with Gasteiger partial charge in [0, 0.05) is 25.2 Å². The van der Waals surface area contributed by atoms with Gasteiger partial charge in [-0.15, -0.1) is 0 Å². The minimum Gasteiger partial charge on any atom is -0.387 e. The van der Waals surface area contributed by atoms with Gasteiger partial charge in [-0.3, -0.25) is 4.90 Å². The lowest BCUT2D eigenvalue weighted by Crippen LogP contribution is -2.24. The van der Waals surface area contributed by atoms with Gasteiger partial charge in [-0.1, -0.05) is 36.4 Å². The molecule has 4 heteroatoms. The van der Waals surface area contributed by atoms with Gasteiger partial charge in [0.1, 0.15) is 0 Å². The molecule has 0 aromatic heterocycles. The summed E-state index contributed by atoms with van der Waals surface area (Å²) in [6.07, 6.45) is -1.03. The smallest absolute Gasteiger partial charge is 0.164 e. The Morgan fingerprint density at radius 3 is 2.30 bits per heavy atom. The van der Waals surface area contributed by atoms with Crippen molar-refractivity contribution in [1.29, 1.82) is 0 Å². The summed E-state index contributed by atoms with van der Waals surface area (Å²) in [4.78, 5) is 2.03.